The van der Waals surface area contributed by atoms with Crippen molar-refractivity contribution in [3.8, 4) is 22.6 Å². The summed E-state index contributed by atoms with van der Waals surface area (Å²) in [6, 6.07) is 13.1. The Labute approximate surface area is 173 Å². The zero-order chi connectivity index (χ0) is 21.3. The molecule has 1 aliphatic rings. The molecule has 0 spiro atoms. The van der Waals surface area contributed by atoms with Crippen LogP contribution in [-0.4, -0.2) is 34.2 Å². The third-order valence-corrected chi connectivity index (χ3v) is 5.74. The summed E-state index contributed by atoms with van der Waals surface area (Å²) >= 11 is 0. The summed E-state index contributed by atoms with van der Waals surface area (Å²) in [7, 11) is 0. The Balaban J connectivity index is 1.45. The Bertz CT molecular complexity index is 970. The average molecular weight is 415 g/mol. The van der Waals surface area contributed by atoms with Gasteiger partial charge in [-0.2, -0.15) is 18.2 Å². The smallest absolute Gasteiger partial charge is 0.334 e. The van der Waals surface area contributed by atoms with E-state index in [-0.39, 0.29) is 0 Å². The van der Waals surface area contributed by atoms with E-state index < -0.39 is 11.7 Å². The highest BCUT2D eigenvalue weighted by Crippen LogP contribution is 2.32. The van der Waals surface area contributed by atoms with Crippen LogP contribution in [0.3, 0.4) is 0 Å². The highest BCUT2D eigenvalue weighted by atomic mass is 19.4. The van der Waals surface area contributed by atoms with E-state index in [0.29, 0.717) is 17.9 Å². The van der Waals surface area contributed by atoms with Crippen LogP contribution in [0.15, 0.2) is 53.1 Å². The van der Waals surface area contributed by atoms with Crippen LogP contribution in [0.1, 0.15) is 44.0 Å². The molecule has 3 aromatic rings. The summed E-state index contributed by atoms with van der Waals surface area (Å²) in [5.41, 5.74) is 1.69. The van der Waals surface area contributed by atoms with Gasteiger partial charge in [0, 0.05) is 17.5 Å². The van der Waals surface area contributed by atoms with Gasteiger partial charge in [0.05, 0.1) is 5.56 Å². The summed E-state index contributed by atoms with van der Waals surface area (Å²) in [6.45, 7) is 6.49. The van der Waals surface area contributed by atoms with Crippen molar-refractivity contribution in [2.45, 2.75) is 44.8 Å². The minimum absolute atomic E-state index is 0.309. The second kappa shape index (κ2) is 8.22. The van der Waals surface area contributed by atoms with Gasteiger partial charge in [0.25, 0.3) is 5.89 Å². The summed E-state index contributed by atoms with van der Waals surface area (Å²) < 4.78 is 43.7. The van der Waals surface area contributed by atoms with Gasteiger partial charge in [0.2, 0.25) is 0 Å². The SMILES string of the molecule is CC(C)N1CCC(c2noc(-c3ccc(-c4ccc(C(F)(F)F)cc4)cc3)n2)CC1. The van der Waals surface area contributed by atoms with Crippen molar-refractivity contribution in [2.75, 3.05) is 13.1 Å². The molecule has 158 valence electrons. The van der Waals surface area contributed by atoms with E-state index in [4.69, 9.17) is 4.52 Å². The van der Waals surface area contributed by atoms with Gasteiger partial charge in [-0.1, -0.05) is 29.4 Å². The third kappa shape index (κ3) is 4.41. The van der Waals surface area contributed by atoms with E-state index in [9.17, 15) is 13.2 Å². The number of alkyl halides is 3. The molecule has 2 heterocycles. The molecule has 4 rings (SSSR count). The molecule has 30 heavy (non-hydrogen) atoms. The molecule has 1 aromatic heterocycles. The lowest BCUT2D eigenvalue weighted by molar-refractivity contribution is -0.137. The van der Waals surface area contributed by atoms with E-state index in [1.54, 1.807) is 0 Å². The van der Waals surface area contributed by atoms with Crippen LogP contribution >= 0.6 is 0 Å². The van der Waals surface area contributed by atoms with E-state index in [0.717, 1.165) is 60.6 Å². The first-order chi connectivity index (χ1) is 14.3. The molecule has 7 heteroatoms. The molecule has 4 nitrogen and oxygen atoms in total. The maximum Gasteiger partial charge on any atom is 0.416 e. The highest BCUT2D eigenvalue weighted by molar-refractivity contribution is 5.67. The van der Waals surface area contributed by atoms with Gasteiger partial charge in [0.15, 0.2) is 5.82 Å². The van der Waals surface area contributed by atoms with E-state index >= 15 is 0 Å². The Morgan fingerprint density at radius 1 is 0.900 bits per heavy atom. The second-order valence-electron chi connectivity index (χ2n) is 8.01. The van der Waals surface area contributed by atoms with E-state index in [2.05, 4.69) is 28.9 Å². The molecule has 0 aliphatic carbocycles. The number of piperidine rings is 1. The van der Waals surface area contributed by atoms with Crippen molar-refractivity contribution in [3.05, 3.63) is 59.9 Å². The largest absolute Gasteiger partial charge is 0.416 e. The van der Waals surface area contributed by atoms with Crippen molar-refractivity contribution in [1.29, 1.82) is 0 Å². The molecule has 0 amide bonds. The van der Waals surface area contributed by atoms with Crippen LogP contribution in [0.4, 0.5) is 13.2 Å². The van der Waals surface area contributed by atoms with Gasteiger partial charge in [-0.15, -0.1) is 0 Å². The standard InChI is InChI=1S/C23H24F3N3O/c1-15(2)29-13-11-18(12-14-29)21-27-22(30-28-21)19-5-3-16(4-6-19)17-7-9-20(10-8-17)23(24,25)26/h3-10,15,18H,11-14H2,1-2H3. The van der Waals surface area contributed by atoms with Crippen molar-refractivity contribution in [2.24, 2.45) is 0 Å². The highest BCUT2D eigenvalue weighted by Gasteiger charge is 2.30. The molecular formula is C23H24F3N3O. The van der Waals surface area contributed by atoms with Crippen molar-refractivity contribution >= 4 is 0 Å². The topological polar surface area (TPSA) is 42.2 Å². The minimum Gasteiger partial charge on any atom is -0.334 e. The van der Waals surface area contributed by atoms with E-state index in [1.807, 2.05) is 24.3 Å². The number of hydrogen-bond acceptors (Lipinski definition) is 4. The molecule has 0 saturated carbocycles. The normalized spacial score (nSPS) is 16.3. The molecule has 1 aliphatic heterocycles. The maximum atomic E-state index is 12.7. The van der Waals surface area contributed by atoms with Gasteiger partial charge in [-0.25, -0.2) is 0 Å². The number of halogens is 3. The fraction of sp³-hybridized carbons (Fsp3) is 0.391. The Morgan fingerprint density at radius 2 is 1.43 bits per heavy atom. The lowest BCUT2D eigenvalue weighted by Gasteiger charge is -2.33. The quantitative estimate of drug-likeness (QED) is 0.523. The Kier molecular flexibility index (Phi) is 5.64. The summed E-state index contributed by atoms with van der Waals surface area (Å²) in [4.78, 5) is 7.05. The first-order valence-corrected chi connectivity index (χ1v) is 10.2. The fourth-order valence-corrected chi connectivity index (χ4v) is 3.85. The van der Waals surface area contributed by atoms with Crippen LogP contribution in [-0.2, 0) is 6.18 Å². The average Bonchev–Trinajstić information content (AvgIpc) is 3.24. The maximum absolute atomic E-state index is 12.7. The molecule has 2 aromatic carbocycles. The lowest BCUT2D eigenvalue weighted by Crippen LogP contribution is -2.38. The third-order valence-electron chi connectivity index (χ3n) is 5.74. The van der Waals surface area contributed by atoms with Crippen LogP contribution in [0.25, 0.3) is 22.6 Å². The summed E-state index contributed by atoms with van der Waals surface area (Å²) in [5, 5.41) is 4.19. The van der Waals surface area contributed by atoms with Crippen molar-refractivity contribution < 1.29 is 17.7 Å². The van der Waals surface area contributed by atoms with Gasteiger partial charge < -0.3 is 9.42 Å². The molecule has 0 N–H and O–H groups in total. The number of likely N-dealkylation sites (tertiary alicyclic amines) is 1. The number of aromatic nitrogens is 2. The van der Waals surface area contributed by atoms with Crippen LogP contribution in [0.2, 0.25) is 0 Å². The fourth-order valence-electron chi connectivity index (χ4n) is 3.85. The van der Waals surface area contributed by atoms with Crippen molar-refractivity contribution in [1.82, 2.24) is 15.0 Å². The monoisotopic (exact) mass is 415 g/mol. The second-order valence-corrected chi connectivity index (χ2v) is 8.01. The molecule has 1 saturated heterocycles. The predicted molar refractivity (Wildman–Crippen MR) is 109 cm³/mol. The van der Waals surface area contributed by atoms with E-state index in [1.165, 1.54) is 12.1 Å². The number of rotatable bonds is 4. The zero-order valence-electron chi connectivity index (χ0n) is 17.0. The van der Waals surface area contributed by atoms with Crippen LogP contribution in [0, 0.1) is 0 Å². The molecule has 0 radical (unpaired) electrons. The Morgan fingerprint density at radius 3 is 1.97 bits per heavy atom. The zero-order valence-corrected chi connectivity index (χ0v) is 17.0. The van der Waals surface area contributed by atoms with Gasteiger partial charge in [-0.3, -0.25) is 0 Å². The number of nitrogens with zero attached hydrogens (tertiary/aromatic N) is 3. The van der Waals surface area contributed by atoms with Gasteiger partial charge >= 0.3 is 6.18 Å². The van der Waals surface area contributed by atoms with Crippen LogP contribution < -0.4 is 0 Å². The molecule has 0 atom stereocenters. The first kappa shape index (κ1) is 20.6. The predicted octanol–water partition coefficient (Wildman–Crippen LogP) is 6.01. The molecule has 1 fully saturated rings. The van der Waals surface area contributed by atoms with Gasteiger partial charge in [-0.05, 0) is 75.2 Å². The molecular weight excluding hydrogens is 391 g/mol. The number of hydrogen-bond donors (Lipinski definition) is 0. The summed E-state index contributed by atoms with van der Waals surface area (Å²) in [6.07, 6.45) is -2.29. The summed E-state index contributed by atoms with van der Waals surface area (Å²) in [5.74, 6) is 1.53. The minimum atomic E-state index is -4.33. The molecule has 0 unspecified atom stereocenters. The van der Waals surface area contributed by atoms with Gasteiger partial charge in [0.1, 0.15) is 0 Å². The lowest BCUT2D eigenvalue weighted by atomic mass is 9.95. The van der Waals surface area contributed by atoms with Crippen LogP contribution in [0.5, 0.6) is 0 Å². The number of benzene rings is 2. The van der Waals surface area contributed by atoms with Crippen molar-refractivity contribution in [3.63, 3.8) is 0 Å². The Hall–Kier alpha value is -2.67. The molecule has 0 bridgehead atoms. The first-order valence-electron chi connectivity index (χ1n) is 10.2.